The number of ether oxygens (including phenoxy) is 1. The van der Waals surface area contributed by atoms with E-state index in [-0.39, 0.29) is 25.0 Å². The van der Waals surface area contributed by atoms with Crippen molar-refractivity contribution >= 4 is 23.4 Å². The molecular weight excluding hydrogens is 386 g/mol. The van der Waals surface area contributed by atoms with Gasteiger partial charge in [-0.25, -0.2) is 5.48 Å². The summed E-state index contributed by atoms with van der Waals surface area (Å²) >= 11 is 0. The van der Waals surface area contributed by atoms with Crippen molar-refractivity contribution in [1.82, 2.24) is 10.8 Å². The molecule has 1 unspecified atom stereocenters. The van der Waals surface area contributed by atoms with Crippen molar-refractivity contribution in [3.8, 4) is 5.75 Å². The van der Waals surface area contributed by atoms with E-state index in [0.717, 1.165) is 5.56 Å². The molecule has 0 saturated heterocycles. The summed E-state index contributed by atoms with van der Waals surface area (Å²) in [6, 6.07) is 16.2. The summed E-state index contributed by atoms with van der Waals surface area (Å²) in [5.41, 5.74) is 2.90. The van der Waals surface area contributed by atoms with Crippen LogP contribution in [0.15, 0.2) is 54.6 Å². The molecule has 8 heteroatoms. The van der Waals surface area contributed by atoms with E-state index >= 15 is 0 Å². The number of hydroxylamine groups is 1. The number of fused-ring (bicyclic) bond motifs is 1. The van der Waals surface area contributed by atoms with Crippen molar-refractivity contribution < 1.29 is 24.0 Å². The topological polar surface area (TPSA) is 97.0 Å². The number of hydrogen-bond donors (Lipinski definition) is 2. The van der Waals surface area contributed by atoms with Gasteiger partial charge in [0.25, 0.3) is 17.7 Å². The second kappa shape index (κ2) is 8.96. The molecule has 0 fully saturated rings. The molecule has 2 aromatic carbocycles. The Morgan fingerprint density at radius 1 is 1.10 bits per heavy atom. The van der Waals surface area contributed by atoms with E-state index in [2.05, 4.69) is 10.8 Å². The van der Waals surface area contributed by atoms with Gasteiger partial charge in [-0.2, -0.15) is 0 Å². The molecule has 2 N–H and O–H groups in total. The summed E-state index contributed by atoms with van der Waals surface area (Å²) in [6.45, 7) is 3.21. The third-order valence-corrected chi connectivity index (χ3v) is 5.04. The first-order valence-corrected chi connectivity index (χ1v) is 9.60. The van der Waals surface area contributed by atoms with Crippen LogP contribution in [0.4, 0.5) is 5.69 Å². The minimum atomic E-state index is -0.833. The van der Waals surface area contributed by atoms with Crippen molar-refractivity contribution in [1.29, 1.82) is 0 Å². The Kier molecular flexibility index (Phi) is 6.37. The Balaban J connectivity index is 1.64. The van der Waals surface area contributed by atoms with Crippen molar-refractivity contribution in [3.63, 3.8) is 0 Å². The van der Waals surface area contributed by atoms with Gasteiger partial charge in [-0.3, -0.25) is 19.2 Å². The summed E-state index contributed by atoms with van der Waals surface area (Å²) in [7, 11) is 1.51. The van der Waals surface area contributed by atoms with E-state index in [1.165, 1.54) is 11.9 Å². The Bertz CT molecular complexity index is 929. The van der Waals surface area contributed by atoms with E-state index in [1.54, 1.807) is 38.1 Å². The molecule has 0 saturated carbocycles. The lowest BCUT2D eigenvalue weighted by atomic mass is 9.84. The molecule has 0 radical (unpaired) electrons. The van der Waals surface area contributed by atoms with Gasteiger partial charge in [0.15, 0.2) is 12.7 Å². The van der Waals surface area contributed by atoms with Crippen LogP contribution in [0, 0.1) is 0 Å². The first kappa shape index (κ1) is 21.3. The van der Waals surface area contributed by atoms with Crippen LogP contribution in [0.5, 0.6) is 5.75 Å². The van der Waals surface area contributed by atoms with Gasteiger partial charge in [0.05, 0.1) is 17.6 Å². The SMILES string of the molecule is CNC(=O)C1CN(C(=O)CONC(=O)C(C)(C)c2ccccc2)c2ccccc2O1. The summed E-state index contributed by atoms with van der Waals surface area (Å²) < 4.78 is 5.68. The quantitative estimate of drug-likeness (QED) is 0.703. The van der Waals surface area contributed by atoms with Crippen LogP contribution in [0.25, 0.3) is 0 Å². The van der Waals surface area contributed by atoms with Crippen molar-refractivity contribution in [2.45, 2.75) is 25.4 Å². The third kappa shape index (κ3) is 4.44. The summed E-state index contributed by atoms with van der Waals surface area (Å²) in [4.78, 5) is 44.0. The van der Waals surface area contributed by atoms with Gasteiger partial charge in [0.2, 0.25) is 0 Å². The number of benzene rings is 2. The highest BCUT2D eigenvalue weighted by Crippen LogP contribution is 2.33. The molecule has 158 valence electrons. The van der Waals surface area contributed by atoms with Crippen LogP contribution < -0.4 is 20.4 Å². The van der Waals surface area contributed by atoms with E-state index in [0.29, 0.717) is 11.4 Å². The highest BCUT2D eigenvalue weighted by Gasteiger charge is 2.34. The maximum Gasteiger partial charge on any atom is 0.262 e. The zero-order valence-electron chi connectivity index (χ0n) is 17.2. The van der Waals surface area contributed by atoms with Crippen LogP contribution in [-0.2, 0) is 24.6 Å². The molecule has 1 atom stereocenters. The number of carbonyl (C=O) groups excluding carboxylic acids is 3. The maximum atomic E-state index is 12.8. The molecule has 8 nitrogen and oxygen atoms in total. The number of hydrogen-bond acceptors (Lipinski definition) is 5. The van der Waals surface area contributed by atoms with Gasteiger partial charge >= 0.3 is 0 Å². The van der Waals surface area contributed by atoms with Crippen LogP contribution >= 0.6 is 0 Å². The molecule has 3 amide bonds. The average Bonchev–Trinajstić information content (AvgIpc) is 2.78. The van der Waals surface area contributed by atoms with E-state index in [9.17, 15) is 14.4 Å². The highest BCUT2D eigenvalue weighted by atomic mass is 16.7. The predicted molar refractivity (Wildman–Crippen MR) is 111 cm³/mol. The van der Waals surface area contributed by atoms with Gasteiger partial charge in [-0.15, -0.1) is 0 Å². The van der Waals surface area contributed by atoms with E-state index in [4.69, 9.17) is 9.57 Å². The molecule has 1 aliphatic rings. The minimum absolute atomic E-state index is 0.0440. The minimum Gasteiger partial charge on any atom is -0.477 e. The fourth-order valence-corrected chi connectivity index (χ4v) is 3.12. The summed E-state index contributed by atoms with van der Waals surface area (Å²) in [5, 5.41) is 2.53. The Morgan fingerprint density at radius 3 is 2.47 bits per heavy atom. The number of amides is 3. The number of anilines is 1. The molecule has 30 heavy (non-hydrogen) atoms. The lowest BCUT2D eigenvalue weighted by Gasteiger charge is -2.34. The molecule has 0 spiro atoms. The second-order valence-electron chi connectivity index (χ2n) is 7.40. The average molecular weight is 411 g/mol. The van der Waals surface area contributed by atoms with Gasteiger partial charge in [-0.1, -0.05) is 42.5 Å². The fourth-order valence-electron chi connectivity index (χ4n) is 3.12. The number of nitrogens with zero attached hydrogens (tertiary/aromatic N) is 1. The summed E-state index contributed by atoms with van der Waals surface area (Å²) in [6.07, 6.45) is -0.833. The molecule has 0 aromatic heterocycles. The lowest BCUT2D eigenvalue weighted by Crippen LogP contribution is -2.51. The van der Waals surface area contributed by atoms with Crippen molar-refractivity contribution in [2.24, 2.45) is 0 Å². The van der Waals surface area contributed by atoms with E-state index in [1.807, 2.05) is 30.3 Å². The first-order valence-electron chi connectivity index (χ1n) is 9.60. The first-order chi connectivity index (χ1) is 14.3. The Labute approximate surface area is 175 Å². The normalized spacial score (nSPS) is 15.6. The number of para-hydroxylation sites is 2. The number of nitrogens with one attached hydrogen (secondary N) is 2. The highest BCUT2D eigenvalue weighted by molar-refractivity contribution is 5.98. The zero-order valence-corrected chi connectivity index (χ0v) is 17.2. The monoisotopic (exact) mass is 411 g/mol. The number of rotatable bonds is 6. The molecule has 0 aliphatic carbocycles. The maximum absolute atomic E-state index is 12.8. The van der Waals surface area contributed by atoms with Crippen molar-refractivity contribution in [3.05, 3.63) is 60.2 Å². The Morgan fingerprint density at radius 2 is 1.77 bits per heavy atom. The number of likely N-dealkylation sites (N-methyl/N-ethyl adjacent to an activating group) is 1. The standard InChI is InChI=1S/C22H25N3O5/c1-22(2,15-9-5-4-6-10-15)21(28)24-29-14-19(26)25-13-18(20(27)23-3)30-17-12-8-7-11-16(17)25/h4-12,18H,13-14H2,1-3H3,(H,23,27)(H,24,28). The van der Waals surface area contributed by atoms with Gasteiger partial charge in [0, 0.05) is 7.05 Å². The largest absolute Gasteiger partial charge is 0.477 e. The molecule has 0 bridgehead atoms. The van der Waals surface area contributed by atoms with Crippen molar-refractivity contribution in [2.75, 3.05) is 25.1 Å². The van der Waals surface area contributed by atoms with E-state index < -0.39 is 17.4 Å². The molecular formula is C22H25N3O5. The molecule has 1 heterocycles. The van der Waals surface area contributed by atoms with Gasteiger partial charge in [-0.05, 0) is 31.5 Å². The predicted octanol–water partition coefficient (Wildman–Crippen LogP) is 1.55. The van der Waals surface area contributed by atoms with Crippen LogP contribution in [0.3, 0.4) is 0 Å². The number of carbonyl (C=O) groups is 3. The molecule has 3 rings (SSSR count). The van der Waals surface area contributed by atoms with Crippen LogP contribution in [0.1, 0.15) is 19.4 Å². The third-order valence-electron chi connectivity index (χ3n) is 5.04. The smallest absolute Gasteiger partial charge is 0.262 e. The van der Waals surface area contributed by atoms with Crippen LogP contribution in [-0.4, -0.2) is 44.0 Å². The molecule has 1 aliphatic heterocycles. The second-order valence-corrected chi connectivity index (χ2v) is 7.40. The molecule has 2 aromatic rings. The van der Waals surface area contributed by atoms with Gasteiger partial charge < -0.3 is 15.0 Å². The van der Waals surface area contributed by atoms with Gasteiger partial charge in [0.1, 0.15) is 5.75 Å². The zero-order chi connectivity index (χ0) is 21.7. The fraction of sp³-hybridized carbons (Fsp3) is 0.318. The van der Waals surface area contributed by atoms with Crippen LogP contribution in [0.2, 0.25) is 0 Å². The Hall–Kier alpha value is -3.39. The lowest BCUT2D eigenvalue weighted by molar-refractivity contribution is -0.142. The summed E-state index contributed by atoms with van der Waals surface area (Å²) in [5.74, 6) is -0.675.